The molecule has 6 aromatic rings. The number of benzene rings is 4. The van der Waals surface area contributed by atoms with Crippen LogP contribution in [0.5, 0.6) is 11.5 Å². The highest BCUT2D eigenvalue weighted by atomic mass is 35.5. The van der Waals surface area contributed by atoms with Gasteiger partial charge in [-0.05, 0) is 105 Å². The molecule has 2 heterocycles. The van der Waals surface area contributed by atoms with Crippen LogP contribution in [0.2, 0.25) is 15.3 Å². The minimum absolute atomic E-state index is 0.136. The quantitative estimate of drug-likeness (QED) is 0.0443. The Bertz CT molecular complexity index is 2640. The van der Waals surface area contributed by atoms with Gasteiger partial charge in [-0.3, -0.25) is 9.13 Å². The van der Waals surface area contributed by atoms with E-state index in [1.54, 1.807) is 54.6 Å². The maximum Gasteiger partial charge on any atom is 0.353 e. The Labute approximate surface area is 416 Å². The van der Waals surface area contributed by atoms with Gasteiger partial charge in [0.2, 0.25) is 17.2 Å². The van der Waals surface area contributed by atoms with E-state index in [0.717, 1.165) is 29.7 Å². The van der Waals surface area contributed by atoms with Crippen LogP contribution in [0.3, 0.4) is 0 Å². The Morgan fingerprint density at radius 1 is 0.574 bits per heavy atom. The summed E-state index contributed by atoms with van der Waals surface area (Å²) in [6, 6.07) is 23.2. The van der Waals surface area contributed by atoms with E-state index in [9.17, 15) is 18.4 Å². The number of rotatable bonds is 24. The Kier molecular flexibility index (Phi) is 21.9. The lowest BCUT2D eigenvalue weighted by Crippen LogP contribution is -2.27. The molecule has 68 heavy (non-hydrogen) atoms. The molecule has 18 heteroatoms. The minimum Gasteiger partial charge on any atom is -0.488 e. The van der Waals surface area contributed by atoms with Crippen LogP contribution in [-0.4, -0.2) is 47.0 Å². The summed E-state index contributed by atoms with van der Waals surface area (Å²) < 4.78 is 42.6. The van der Waals surface area contributed by atoms with Crippen LogP contribution >= 0.6 is 46.6 Å². The normalized spacial score (nSPS) is 11.1. The summed E-state index contributed by atoms with van der Waals surface area (Å²) in [5.41, 5.74) is 1.52. The van der Waals surface area contributed by atoms with E-state index in [-0.39, 0.29) is 48.0 Å². The lowest BCUT2D eigenvalue weighted by Gasteiger charge is -2.15. The fraction of sp³-hybridized carbons (Fsp3) is 0.400. The largest absolute Gasteiger partial charge is 0.488 e. The molecule has 12 nitrogen and oxygen atoms in total. The van der Waals surface area contributed by atoms with E-state index < -0.39 is 23.0 Å². The molecule has 0 spiro atoms. The smallest absolute Gasteiger partial charge is 0.353 e. The first-order chi connectivity index (χ1) is 32.7. The average Bonchev–Trinajstić information content (AvgIpc) is 3.28. The van der Waals surface area contributed by atoms with Crippen LogP contribution in [0.25, 0.3) is 0 Å². The van der Waals surface area contributed by atoms with E-state index in [2.05, 4.69) is 37.5 Å². The zero-order valence-corrected chi connectivity index (χ0v) is 42.1. The summed E-state index contributed by atoms with van der Waals surface area (Å²) in [5.74, 6) is 0.566. The molecule has 0 radical (unpaired) electrons. The molecule has 0 fully saturated rings. The van der Waals surface area contributed by atoms with Crippen LogP contribution in [-0.2, 0) is 13.1 Å². The summed E-state index contributed by atoms with van der Waals surface area (Å²) in [6.45, 7) is 9.99. The first-order valence-electron chi connectivity index (χ1n) is 22.9. The molecule has 2 aromatic heterocycles. The molecule has 0 aliphatic rings. The molecule has 0 aliphatic carbocycles. The topological polar surface area (TPSA) is 138 Å². The predicted octanol–water partition coefficient (Wildman–Crippen LogP) is 13.7. The predicted molar refractivity (Wildman–Crippen MR) is 272 cm³/mol. The molecule has 0 saturated carbocycles. The molecule has 4 aromatic carbocycles. The van der Waals surface area contributed by atoms with Gasteiger partial charge < -0.3 is 20.1 Å². The number of nitrogens with zero attached hydrogens (tertiary/aromatic N) is 6. The van der Waals surface area contributed by atoms with E-state index in [4.69, 9.17) is 44.3 Å². The van der Waals surface area contributed by atoms with Crippen LogP contribution < -0.4 is 31.5 Å². The lowest BCUT2D eigenvalue weighted by atomic mass is 10.1. The molecule has 0 atom stereocenters. The molecular weight excluding hydrogens is 953 g/mol. The molecule has 6 rings (SSSR count). The first kappa shape index (κ1) is 53.7. The highest BCUT2D eigenvalue weighted by Gasteiger charge is 2.16. The Morgan fingerprint density at radius 2 is 1.00 bits per heavy atom. The van der Waals surface area contributed by atoms with E-state index in [0.29, 0.717) is 32.5 Å². The van der Waals surface area contributed by atoms with Crippen molar-refractivity contribution in [2.45, 2.75) is 129 Å². The van der Waals surface area contributed by atoms with Crippen molar-refractivity contribution >= 4 is 69.8 Å². The SMILES string of the molecule is CC(C)Oc1ccc(Nc2nc(Cl)nc(=O)n2Cc2ccc(Cl)cc2)cc1F.CCCCCCCCCCCCSc1nc(Nc2ccc(OC(C)C)c(F)c2)n(Cc2ccc(Cl)cc2)c(=O)n1. The monoisotopic (exact) mass is 1010 g/mol. The number of hydrogen-bond donors (Lipinski definition) is 2. The second-order valence-electron chi connectivity index (χ2n) is 16.5. The van der Waals surface area contributed by atoms with E-state index in [1.807, 2.05) is 39.8 Å². The number of ether oxygens (including phenoxy) is 2. The Hall–Kier alpha value is -5.22. The van der Waals surface area contributed by atoms with Gasteiger partial charge in [-0.1, -0.05) is 124 Å². The second-order valence-corrected chi connectivity index (χ2v) is 18.8. The van der Waals surface area contributed by atoms with Gasteiger partial charge in [-0.15, -0.1) is 0 Å². The van der Waals surface area contributed by atoms with Crippen molar-refractivity contribution in [1.82, 2.24) is 29.1 Å². The van der Waals surface area contributed by atoms with Crippen LogP contribution in [0.15, 0.2) is 99.7 Å². The van der Waals surface area contributed by atoms with Gasteiger partial charge >= 0.3 is 11.4 Å². The molecule has 0 aliphatic heterocycles. The maximum absolute atomic E-state index is 14.7. The van der Waals surface area contributed by atoms with Crippen molar-refractivity contribution in [2.24, 2.45) is 0 Å². The number of unbranched alkanes of at least 4 members (excludes halogenated alkanes) is 9. The number of nitrogens with one attached hydrogen (secondary N) is 2. The summed E-state index contributed by atoms with van der Waals surface area (Å²) in [7, 11) is 0. The van der Waals surface area contributed by atoms with Gasteiger partial charge in [-0.25, -0.2) is 18.4 Å². The third kappa shape index (κ3) is 18.0. The maximum atomic E-state index is 14.7. The number of halogens is 5. The van der Waals surface area contributed by atoms with Crippen molar-refractivity contribution in [3.8, 4) is 11.5 Å². The van der Waals surface area contributed by atoms with Crippen molar-refractivity contribution in [3.05, 3.63) is 144 Å². The van der Waals surface area contributed by atoms with Crippen molar-refractivity contribution in [3.63, 3.8) is 0 Å². The number of anilines is 4. The minimum atomic E-state index is -0.585. The zero-order valence-electron chi connectivity index (χ0n) is 39.0. The molecule has 0 amide bonds. The Morgan fingerprint density at radius 3 is 1.44 bits per heavy atom. The van der Waals surface area contributed by atoms with Crippen LogP contribution in [0.4, 0.5) is 32.1 Å². The number of hydrogen-bond acceptors (Lipinski definition) is 11. The van der Waals surface area contributed by atoms with Gasteiger partial charge in [0.25, 0.3) is 0 Å². The highest BCUT2D eigenvalue weighted by Crippen LogP contribution is 2.27. The van der Waals surface area contributed by atoms with Crippen molar-refractivity contribution < 1.29 is 18.3 Å². The van der Waals surface area contributed by atoms with Gasteiger partial charge in [-0.2, -0.15) is 19.9 Å². The van der Waals surface area contributed by atoms with Gasteiger partial charge in [0.1, 0.15) is 0 Å². The van der Waals surface area contributed by atoms with Crippen molar-refractivity contribution in [2.75, 3.05) is 16.4 Å². The lowest BCUT2D eigenvalue weighted by molar-refractivity contribution is 0.231. The molecule has 0 unspecified atom stereocenters. The van der Waals surface area contributed by atoms with E-state index in [1.165, 1.54) is 90.5 Å². The number of aromatic nitrogens is 6. The standard InChI is InChI=1S/C31H42ClFN4O2S.C19H17Cl2FN4O2/c1-4-5-6-7-8-9-10-11-12-13-20-40-30-35-29(34-26-18-19-28(27(33)21-26)39-23(2)3)37(31(38)36-30)22-24-14-16-25(32)17-15-24;1-11(2)28-16-8-7-14(9-15(16)22)23-18-24-17(21)25-19(27)26(18)10-12-3-5-13(20)6-4-12/h14-19,21,23H,4-13,20,22H2,1-3H3,(H,34,35,36,38);3-9,11H,10H2,1-2H3,(H,23,24,25,27). The summed E-state index contributed by atoms with van der Waals surface area (Å²) in [5, 5.41) is 7.44. The Balaban J connectivity index is 0.000000270. The molecule has 0 saturated heterocycles. The fourth-order valence-electron chi connectivity index (χ4n) is 6.76. The third-order valence-corrected chi connectivity index (χ3v) is 11.7. The molecule has 0 bridgehead atoms. The zero-order chi connectivity index (χ0) is 49.0. The first-order valence-corrected chi connectivity index (χ1v) is 25.0. The third-order valence-electron chi connectivity index (χ3n) is 10.1. The van der Waals surface area contributed by atoms with E-state index >= 15 is 0 Å². The van der Waals surface area contributed by atoms with Crippen LogP contribution in [0.1, 0.15) is 110 Å². The van der Waals surface area contributed by atoms with Gasteiger partial charge in [0.05, 0.1) is 25.3 Å². The summed E-state index contributed by atoms with van der Waals surface area (Å²) in [6.07, 6.45) is 12.4. The molecule has 2 N–H and O–H groups in total. The van der Waals surface area contributed by atoms with Gasteiger partial charge in [0, 0.05) is 39.3 Å². The molecule has 364 valence electrons. The average molecular weight is 1010 g/mol. The van der Waals surface area contributed by atoms with Crippen LogP contribution in [0, 0.1) is 11.6 Å². The molecular formula is C50H59Cl3F2N8O4S. The van der Waals surface area contributed by atoms with Crippen molar-refractivity contribution in [1.29, 1.82) is 0 Å². The van der Waals surface area contributed by atoms with Gasteiger partial charge in [0.15, 0.2) is 28.3 Å². The summed E-state index contributed by atoms with van der Waals surface area (Å²) in [4.78, 5) is 42.0. The summed E-state index contributed by atoms with van der Waals surface area (Å²) >= 11 is 19.2. The number of thioether (sulfide) groups is 1. The fourth-order valence-corrected chi connectivity index (χ4v) is 7.99. The highest BCUT2D eigenvalue weighted by molar-refractivity contribution is 7.99. The second kappa shape index (κ2) is 27.7.